The molecule has 1 aromatic heterocycles. The number of carboxylic acid groups (broad SMARTS) is 1. The van der Waals surface area contributed by atoms with Gasteiger partial charge in [0.15, 0.2) is 5.82 Å². The number of aromatic nitrogens is 4. The highest BCUT2D eigenvalue weighted by Crippen LogP contribution is 2.17. The molecule has 0 fully saturated rings. The van der Waals surface area contributed by atoms with Crippen LogP contribution >= 0.6 is 0 Å². The van der Waals surface area contributed by atoms with Crippen molar-refractivity contribution in [3.8, 4) is 5.69 Å². The van der Waals surface area contributed by atoms with E-state index in [4.69, 9.17) is 5.11 Å². The van der Waals surface area contributed by atoms with E-state index >= 15 is 0 Å². The largest absolute Gasteiger partial charge is 0.478 e. The van der Waals surface area contributed by atoms with Crippen LogP contribution in [0, 0.1) is 5.82 Å². The van der Waals surface area contributed by atoms with E-state index in [-0.39, 0.29) is 11.3 Å². The van der Waals surface area contributed by atoms with Gasteiger partial charge in [0.25, 0.3) is 0 Å². The zero-order chi connectivity index (χ0) is 13.1. The van der Waals surface area contributed by atoms with Gasteiger partial charge in [0.05, 0.1) is 11.3 Å². The number of benzene rings is 1. The molecule has 1 heterocycles. The van der Waals surface area contributed by atoms with Crippen molar-refractivity contribution in [1.29, 1.82) is 0 Å². The Kier molecular flexibility index (Phi) is 3.31. The summed E-state index contributed by atoms with van der Waals surface area (Å²) in [6, 6.07) is 3.40. The fourth-order valence-corrected chi connectivity index (χ4v) is 1.63. The van der Waals surface area contributed by atoms with Gasteiger partial charge in [0.1, 0.15) is 5.82 Å². The summed E-state index contributed by atoms with van der Waals surface area (Å²) in [5, 5.41) is 20.1. The Morgan fingerprint density at radius 3 is 2.94 bits per heavy atom. The molecule has 0 aliphatic carbocycles. The fraction of sp³-hybridized carbons (Fsp3) is 0.273. The second kappa shape index (κ2) is 4.91. The molecule has 0 unspecified atom stereocenters. The molecule has 2 aromatic rings. The number of nitrogens with zero attached hydrogens (tertiary/aromatic N) is 4. The lowest BCUT2D eigenvalue weighted by atomic mass is 10.1. The number of halogens is 1. The molecular formula is C11H11FN4O2. The monoisotopic (exact) mass is 250 g/mol. The minimum Gasteiger partial charge on any atom is -0.478 e. The summed E-state index contributed by atoms with van der Waals surface area (Å²) in [6.07, 6.45) is 1.39. The van der Waals surface area contributed by atoms with Gasteiger partial charge in [0.2, 0.25) is 0 Å². The Labute approximate surface area is 102 Å². The summed E-state index contributed by atoms with van der Waals surface area (Å²) in [4.78, 5) is 11.1. The second-order valence-corrected chi connectivity index (χ2v) is 3.72. The molecule has 0 saturated carbocycles. The molecule has 1 aromatic carbocycles. The molecule has 0 amide bonds. The average Bonchev–Trinajstić information content (AvgIpc) is 2.77. The number of tetrazole rings is 1. The quantitative estimate of drug-likeness (QED) is 0.888. The lowest BCUT2D eigenvalue weighted by Crippen LogP contribution is -2.10. The van der Waals surface area contributed by atoms with Crippen LogP contribution in [0.15, 0.2) is 18.2 Å². The number of aryl methyl sites for hydroxylation is 1. The Morgan fingerprint density at radius 1 is 1.50 bits per heavy atom. The third-order valence-electron chi connectivity index (χ3n) is 2.43. The van der Waals surface area contributed by atoms with E-state index in [1.165, 1.54) is 10.7 Å². The molecule has 0 radical (unpaired) electrons. The van der Waals surface area contributed by atoms with Gasteiger partial charge in [0, 0.05) is 12.5 Å². The van der Waals surface area contributed by atoms with Gasteiger partial charge in [-0.15, -0.1) is 5.10 Å². The van der Waals surface area contributed by atoms with E-state index in [1.54, 1.807) is 0 Å². The van der Waals surface area contributed by atoms with Crippen LogP contribution in [0.4, 0.5) is 4.39 Å². The lowest BCUT2D eigenvalue weighted by molar-refractivity contribution is 0.0696. The molecular weight excluding hydrogens is 239 g/mol. The molecule has 0 aliphatic heterocycles. The summed E-state index contributed by atoms with van der Waals surface area (Å²) < 4.78 is 14.5. The van der Waals surface area contributed by atoms with Crippen molar-refractivity contribution in [2.45, 2.75) is 19.8 Å². The van der Waals surface area contributed by atoms with Crippen LogP contribution < -0.4 is 0 Å². The molecule has 18 heavy (non-hydrogen) atoms. The molecule has 0 aliphatic rings. The number of carbonyl (C=O) groups is 1. The average molecular weight is 250 g/mol. The molecule has 0 spiro atoms. The SMILES string of the molecule is CCCc1nnnn1-c1cc(F)ccc1C(=O)O. The number of hydrogen-bond acceptors (Lipinski definition) is 4. The van der Waals surface area contributed by atoms with Crippen molar-refractivity contribution in [2.24, 2.45) is 0 Å². The summed E-state index contributed by atoms with van der Waals surface area (Å²) in [5.74, 6) is -1.18. The van der Waals surface area contributed by atoms with Crippen LogP contribution in [-0.2, 0) is 6.42 Å². The van der Waals surface area contributed by atoms with Gasteiger partial charge in [-0.3, -0.25) is 0 Å². The first-order chi connectivity index (χ1) is 8.63. The van der Waals surface area contributed by atoms with Crippen molar-refractivity contribution >= 4 is 5.97 Å². The van der Waals surface area contributed by atoms with Crippen molar-refractivity contribution < 1.29 is 14.3 Å². The van der Waals surface area contributed by atoms with E-state index in [9.17, 15) is 9.18 Å². The molecule has 6 nitrogen and oxygen atoms in total. The van der Waals surface area contributed by atoms with Gasteiger partial charge >= 0.3 is 5.97 Å². The topological polar surface area (TPSA) is 80.9 Å². The van der Waals surface area contributed by atoms with Gasteiger partial charge in [-0.2, -0.15) is 4.68 Å². The van der Waals surface area contributed by atoms with Gasteiger partial charge in [-0.1, -0.05) is 6.92 Å². The van der Waals surface area contributed by atoms with Gasteiger partial charge in [-0.05, 0) is 29.0 Å². The second-order valence-electron chi connectivity index (χ2n) is 3.72. The number of hydrogen-bond donors (Lipinski definition) is 1. The zero-order valence-corrected chi connectivity index (χ0v) is 9.67. The smallest absolute Gasteiger partial charge is 0.337 e. The Bertz CT molecular complexity index is 582. The first-order valence-electron chi connectivity index (χ1n) is 5.44. The molecule has 7 heteroatoms. The molecule has 0 atom stereocenters. The number of rotatable bonds is 4. The van der Waals surface area contributed by atoms with Gasteiger partial charge in [-0.25, -0.2) is 9.18 Å². The van der Waals surface area contributed by atoms with Gasteiger partial charge < -0.3 is 5.11 Å². The highest BCUT2D eigenvalue weighted by atomic mass is 19.1. The normalized spacial score (nSPS) is 10.6. The standard InChI is InChI=1S/C11H11FN4O2/c1-2-3-10-13-14-15-16(10)9-6-7(12)4-5-8(9)11(17)18/h4-6H,2-3H2,1H3,(H,17,18). The zero-order valence-electron chi connectivity index (χ0n) is 9.67. The third kappa shape index (κ3) is 2.20. The molecule has 94 valence electrons. The van der Waals surface area contributed by atoms with E-state index < -0.39 is 11.8 Å². The number of aromatic carboxylic acids is 1. The Morgan fingerprint density at radius 2 is 2.28 bits per heavy atom. The van der Waals surface area contributed by atoms with Crippen molar-refractivity contribution in [3.05, 3.63) is 35.4 Å². The van der Waals surface area contributed by atoms with Crippen LogP contribution in [0.5, 0.6) is 0 Å². The third-order valence-corrected chi connectivity index (χ3v) is 2.43. The molecule has 2 rings (SSSR count). The minimum absolute atomic E-state index is 0.0407. The molecule has 0 bridgehead atoms. The predicted molar refractivity (Wildman–Crippen MR) is 60.1 cm³/mol. The van der Waals surface area contributed by atoms with Crippen LogP contribution in [-0.4, -0.2) is 31.3 Å². The summed E-state index contributed by atoms with van der Waals surface area (Å²) in [6.45, 7) is 1.95. The first-order valence-corrected chi connectivity index (χ1v) is 5.44. The maximum Gasteiger partial charge on any atom is 0.337 e. The van der Waals surface area contributed by atoms with E-state index in [0.717, 1.165) is 18.6 Å². The first kappa shape index (κ1) is 12.2. The minimum atomic E-state index is -1.15. The van der Waals surface area contributed by atoms with Crippen molar-refractivity contribution in [1.82, 2.24) is 20.2 Å². The predicted octanol–water partition coefficient (Wildman–Crippen LogP) is 1.45. The molecule has 0 saturated heterocycles. The van der Waals surface area contributed by atoms with Crippen LogP contribution in [0.2, 0.25) is 0 Å². The summed E-state index contributed by atoms with van der Waals surface area (Å²) in [7, 11) is 0. The highest BCUT2D eigenvalue weighted by Gasteiger charge is 2.16. The van der Waals surface area contributed by atoms with Crippen LogP contribution in [0.3, 0.4) is 0 Å². The summed E-state index contributed by atoms with van der Waals surface area (Å²) >= 11 is 0. The fourth-order valence-electron chi connectivity index (χ4n) is 1.63. The number of carboxylic acids is 1. The van der Waals surface area contributed by atoms with Crippen LogP contribution in [0.1, 0.15) is 29.5 Å². The Balaban J connectivity index is 2.58. The Hall–Kier alpha value is -2.31. The maximum atomic E-state index is 13.2. The van der Waals surface area contributed by atoms with E-state index in [2.05, 4.69) is 15.5 Å². The summed E-state index contributed by atoms with van der Waals surface area (Å²) in [5.41, 5.74) is 0.0944. The molecule has 1 N–H and O–H groups in total. The lowest BCUT2D eigenvalue weighted by Gasteiger charge is -2.07. The van der Waals surface area contributed by atoms with Crippen LogP contribution in [0.25, 0.3) is 5.69 Å². The van der Waals surface area contributed by atoms with E-state index in [0.29, 0.717) is 12.2 Å². The maximum absolute atomic E-state index is 13.2. The van der Waals surface area contributed by atoms with Crippen molar-refractivity contribution in [2.75, 3.05) is 0 Å². The van der Waals surface area contributed by atoms with Crippen molar-refractivity contribution in [3.63, 3.8) is 0 Å². The van der Waals surface area contributed by atoms with E-state index in [1.807, 2.05) is 6.92 Å². The highest BCUT2D eigenvalue weighted by molar-refractivity contribution is 5.91.